The van der Waals surface area contributed by atoms with Crippen LogP contribution in [0.15, 0.2) is 58.0 Å². The molecule has 2 N–H and O–H groups in total. The lowest BCUT2D eigenvalue weighted by molar-refractivity contribution is -0.118. The summed E-state index contributed by atoms with van der Waals surface area (Å²) in [6, 6.07) is 15.0. The van der Waals surface area contributed by atoms with Gasteiger partial charge in [-0.05, 0) is 43.7 Å². The first-order valence-electron chi connectivity index (χ1n) is 8.21. The number of aryl methyl sites for hydroxylation is 1. The molecule has 0 saturated carbocycles. The van der Waals surface area contributed by atoms with E-state index in [9.17, 15) is 9.59 Å². The van der Waals surface area contributed by atoms with E-state index in [1.807, 2.05) is 62.4 Å². The Morgan fingerprint density at radius 2 is 2.00 bits per heavy atom. The number of carbonyl (C=O) groups excluding carboxylic acids is 2. The summed E-state index contributed by atoms with van der Waals surface area (Å²) in [7, 11) is 0. The van der Waals surface area contributed by atoms with Crippen molar-refractivity contribution >= 4 is 39.3 Å². The monoisotopic (exact) mass is 414 g/mol. The number of nitrogens with zero attached hydrogens (tertiary/aromatic N) is 2. The normalized spacial score (nSPS) is 15.1. The van der Waals surface area contributed by atoms with Crippen LogP contribution in [0, 0.1) is 6.92 Å². The molecular weight excluding hydrogens is 396 g/mol. The molecule has 6 nitrogen and oxygen atoms in total. The van der Waals surface area contributed by atoms with Crippen molar-refractivity contribution in [2.45, 2.75) is 19.9 Å². The molecule has 0 bridgehead atoms. The highest BCUT2D eigenvalue weighted by molar-refractivity contribution is 9.10. The summed E-state index contributed by atoms with van der Waals surface area (Å²) in [5.74, 6) is -0.459. The molecule has 2 aromatic carbocycles. The van der Waals surface area contributed by atoms with Gasteiger partial charge in [0.05, 0.1) is 11.7 Å². The first kappa shape index (κ1) is 18.1. The fourth-order valence-electron chi connectivity index (χ4n) is 2.57. The highest BCUT2D eigenvalue weighted by Crippen LogP contribution is 2.18. The van der Waals surface area contributed by atoms with Crippen molar-refractivity contribution < 1.29 is 9.59 Å². The van der Waals surface area contributed by atoms with E-state index in [2.05, 4.69) is 31.7 Å². The summed E-state index contributed by atoms with van der Waals surface area (Å²) in [6.07, 6.45) is 0. The van der Waals surface area contributed by atoms with Crippen LogP contribution in [0.2, 0.25) is 0 Å². The van der Waals surface area contributed by atoms with Crippen LogP contribution in [-0.2, 0) is 9.59 Å². The number of amides is 2. The van der Waals surface area contributed by atoms with Crippen molar-refractivity contribution in [3.8, 4) is 0 Å². The third kappa shape index (κ3) is 4.11. The molecule has 0 aliphatic carbocycles. The molecule has 2 amide bonds. The maximum atomic E-state index is 12.6. The van der Waals surface area contributed by atoms with E-state index in [1.54, 1.807) is 0 Å². The Labute approximate surface area is 160 Å². The zero-order chi connectivity index (χ0) is 18.7. The number of benzene rings is 2. The van der Waals surface area contributed by atoms with Gasteiger partial charge in [0, 0.05) is 4.47 Å². The molecule has 2 aromatic rings. The predicted molar refractivity (Wildman–Crippen MR) is 105 cm³/mol. The molecule has 3 rings (SSSR count). The standard InChI is InChI=1S/C19H19BrN4O2/c1-12-6-8-16(9-7-12)24-17(25)11-21-18(23-24)19(26)22-13(2)14-4-3-5-15(20)10-14/h3-10,13H,11H2,1-2H3,(H,21,23)(H,22,26). The minimum absolute atomic E-state index is 0.0745. The second-order valence-corrected chi connectivity index (χ2v) is 7.01. The zero-order valence-electron chi connectivity index (χ0n) is 14.5. The minimum atomic E-state index is -0.359. The van der Waals surface area contributed by atoms with E-state index < -0.39 is 0 Å². The van der Waals surface area contributed by atoms with Crippen molar-refractivity contribution in [2.75, 3.05) is 11.6 Å². The van der Waals surface area contributed by atoms with Crippen LogP contribution in [0.5, 0.6) is 0 Å². The number of hydrazine groups is 1. The highest BCUT2D eigenvalue weighted by atomic mass is 79.9. The predicted octanol–water partition coefficient (Wildman–Crippen LogP) is 2.88. The molecule has 1 unspecified atom stereocenters. The van der Waals surface area contributed by atoms with Gasteiger partial charge in [-0.1, -0.05) is 45.8 Å². The number of halogens is 1. The quantitative estimate of drug-likeness (QED) is 0.807. The maximum absolute atomic E-state index is 12.6. The third-order valence-corrected chi connectivity index (χ3v) is 4.54. The van der Waals surface area contributed by atoms with Gasteiger partial charge in [0.2, 0.25) is 5.84 Å². The van der Waals surface area contributed by atoms with E-state index >= 15 is 0 Å². The lowest BCUT2D eigenvalue weighted by Gasteiger charge is -2.28. The summed E-state index contributed by atoms with van der Waals surface area (Å²) < 4.78 is 0.945. The summed E-state index contributed by atoms with van der Waals surface area (Å²) >= 11 is 3.43. The molecule has 0 fully saturated rings. The Kier molecular flexibility index (Phi) is 5.37. The van der Waals surface area contributed by atoms with Crippen molar-refractivity contribution in [1.29, 1.82) is 0 Å². The molecule has 0 radical (unpaired) electrons. The molecule has 1 aliphatic heterocycles. The van der Waals surface area contributed by atoms with Gasteiger partial charge in [-0.25, -0.2) is 5.01 Å². The number of anilines is 1. The van der Waals surface area contributed by atoms with Crippen LogP contribution in [0.25, 0.3) is 0 Å². The van der Waals surface area contributed by atoms with E-state index in [4.69, 9.17) is 0 Å². The molecule has 0 saturated heterocycles. The summed E-state index contributed by atoms with van der Waals surface area (Å²) in [5, 5.41) is 4.25. The number of aliphatic imine (C=N–C) groups is 1. The second-order valence-electron chi connectivity index (χ2n) is 6.09. The summed E-state index contributed by atoms with van der Waals surface area (Å²) in [4.78, 5) is 28.8. The molecule has 1 heterocycles. The lowest BCUT2D eigenvalue weighted by Crippen LogP contribution is -2.56. The van der Waals surface area contributed by atoms with Crippen LogP contribution in [0.4, 0.5) is 5.69 Å². The van der Waals surface area contributed by atoms with Gasteiger partial charge in [-0.2, -0.15) is 0 Å². The van der Waals surface area contributed by atoms with Gasteiger partial charge in [0.15, 0.2) is 0 Å². The molecule has 0 spiro atoms. The number of carbonyl (C=O) groups is 2. The fourth-order valence-corrected chi connectivity index (χ4v) is 2.99. The minimum Gasteiger partial charge on any atom is -0.343 e. The van der Waals surface area contributed by atoms with Gasteiger partial charge >= 0.3 is 0 Å². The molecule has 0 aromatic heterocycles. The number of rotatable bonds is 4. The Bertz CT molecular complexity index is 864. The molecular formula is C19H19BrN4O2. The first-order chi connectivity index (χ1) is 12.4. The number of amidine groups is 1. The topological polar surface area (TPSA) is 73.8 Å². The van der Waals surface area contributed by atoms with Crippen LogP contribution < -0.4 is 15.8 Å². The lowest BCUT2D eigenvalue weighted by atomic mass is 10.1. The zero-order valence-corrected chi connectivity index (χ0v) is 16.1. The Morgan fingerprint density at radius 3 is 2.69 bits per heavy atom. The van der Waals surface area contributed by atoms with Gasteiger partial charge in [0.1, 0.15) is 6.54 Å². The van der Waals surface area contributed by atoms with E-state index in [0.29, 0.717) is 5.69 Å². The third-order valence-electron chi connectivity index (χ3n) is 4.04. The molecule has 134 valence electrons. The van der Waals surface area contributed by atoms with Crippen LogP contribution in [0.1, 0.15) is 24.1 Å². The van der Waals surface area contributed by atoms with Crippen LogP contribution in [-0.4, -0.2) is 24.2 Å². The fraction of sp³-hybridized carbons (Fsp3) is 0.211. The van der Waals surface area contributed by atoms with Gasteiger partial charge < -0.3 is 5.32 Å². The highest BCUT2D eigenvalue weighted by Gasteiger charge is 2.26. The van der Waals surface area contributed by atoms with E-state index in [1.165, 1.54) is 5.01 Å². The Balaban J connectivity index is 1.71. The molecule has 26 heavy (non-hydrogen) atoms. The largest absolute Gasteiger partial charge is 0.343 e. The Hall–Kier alpha value is -2.67. The molecule has 7 heteroatoms. The Morgan fingerprint density at radius 1 is 1.27 bits per heavy atom. The van der Waals surface area contributed by atoms with Crippen molar-refractivity contribution in [1.82, 2.24) is 10.7 Å². The first-order valence-corrected chi connectivity index (χ1v) is 9.00. The smallest absolute Gasteiger partial charge is 0.288 e. The average Bonchev–Trinajstić information content (AvgIpc) is 2.63. The number of hydrogen-bond donors (Lipinski definition) is 2. The van der Waals surface area contributed by atoms with Crippen molar-refractivity contribution in [3.63, 3.8) is 0 Å². The van der Waals surface area contributed by atoms with Crippen molar-refractivity contribution in [3.05, 3.63) is 64.1 Å². The SMILES string of the molecule is Cc1ccc(N2NC(C(=O)NC(C)c3cccc(Br)c3)=NCC2=O)cc1. The average molecular weight is 415 g/mol. The molecule has 1 atom stereocenters. The van der Waals surface area contributed by atoms with Crippen molar-refractivity contribution in [2.24, 2.45) is 4.99 Å². The van der Waals surface area contributed by atoms with Gasteiger partial charge in [-0.3, -0.25) is 20.0 Å². The number of hydrogen-bond acceptors (Lipinski definition) is 4. The number of nitrogens with one attached hydrogen (secondary N) is 2. The van der Waals surface area contributed by atoms with Crippen LogP contribution in [0.3, 0.4) is 0 Å². The van der Waals surface area contributed by atoms with E-state index in [-0.39, 0.29) is 30.2 Å². The van der Waals surface area contributed by atoms with Gasteiger partial charge in [-0.15, -0.1) is 0 Å². The maximum Gasteiger partial charge on any atom is 0.288 e. The van der Waals surface area contributed by atoms with Gasteiger partial charge in [0.25, 0.3) is 11.8 Å². The second kappa shape index (κ2) is 7.70. The summed E-state index contributed by atoms with van der Waals surface area (Å²) in [5.41, 5.74) is 5.55. The van der Waals surface area contributed by atoms with E-state index in [0.717, 1.165) is 15.6 Å². The van der Waals surface area contributed by atoms with Crippen LogP contribution >= 0.6 is 15.9 Å². The molecule has 1 aliphatic rings. The summed E-state index contributed by atoms with van der Waals surface area (Å²) in [6.45, 7) is 3.79.